The fraction of sp³-hybridized carbons (Fsp3) is 0.0667. The van der Waals surface area contributed by atoms with Crippen LogP contribution in [0.25, 0.3) is 0 Å². The van der Waals surface area contributed by atoms with Crippen molar-refractivity contribution < 1.29 is 10.0 Å². The summed E-state index contributed by atoms with van der Waals surface area (Å²) >= 11 is 0. The van der Waals surface area contributed by atoms with E-state index in [0.717, 1.165) is 5.56 Å². The van der Waals surface area contributed by atoms with Crippen LogP contribution in [0.3, 0.4) is 0 Å². The first kappa shape index (κ1) is 12.0. The van der Waals surface area contributed by atoms with E-state index in [1.54, 1.807) is 24.3 Å². The van der Waals surface area contributed by atoms with E-state index in [-0.39, 0.29) is 11.5 Å². The number of ketones is 1. The summed E-state index contributed by atoms with van der Waals surface area (Å²) in [4.78, 5) is 12.1. The Balaban J connectivity index is 2.18. The third-order valence-corrected chi connectivity index (χ3v) is 2.63. The van der Waals surface area contributed by atoms with Gasteiger partial charge in [-0.25, -0.2) is 0 Å². The predicted molar refractivity (Wildman–Crippen MR) is 70.1 cm³/mol. The van der Waals surface area contributed by atoms with Crippen LogP contribution in [0.4, 0.5) is 0 Å². The second-order valence-corrected chi connectivity index (χ2v) is 3.90. The van der Waals surface area contributed by atoms with Gasteiger partial charge >= 0.3 is 0 Å². The number of Topliss-reactive ketones (excluding diaryl/α,β-unsaturated/α-hetero) is 1. The summed E-state index contributed by atoms with van der Waals surface area (Å²) in [6, 6.07) is 18.3. The van der Waals surface area contributed by atoms with Crippen molar-refractivity contribution in [2.24, 2.45) is 5.16 Å². The summed E-state index contributed by atoms with van der Waals surface area (Å²) < 4.78 is 0. The molecule has 0 saturated carbocycles. The summed E-state index contributed by atoms with van der Waals surface area (Å²) in [5.74, 6) is -0.248. The van der Waals surface area contributed by atoms with Gasteiger partial charge in [0.05, 0.1) is 0 Å². The first-order valence-electron chi connectivity index (χ1n) is 5.66. The topological polar surface area (TPSA) is 49.7 Å². The maximum atomic E-state index is 12.1. The Morgan fingerprint density at radius 3 is 2.06 bits per heavy atom. The molecule has 2 rings (SSSR count). The van der Waals surface area contributed by atoms with Gasteiger partial charge in [-0.1, -0.05) is 65.8 Å². The molecule has 0 aliphatic heterocycles. The Hall–Kier alpha value is -2.42. The molecule has 0 radical (unpaired) electrons. The lowest BCUT2D eigenvalue weighted by molar-refractivity contribution is 0.106. The molecule has 0 amide bonds. The van der Waals surface area contributed by atoms with Gasteiger partial charge < -0.3 is 5.21 Å². The molecule has 2 aromatic rings. The minimum absolute atomic E-state index is 0.146. The second-order valence-electron chi connectivity index (χ2n) is 3.90. The molecule has 90 valence electrons. The summed E-state index contributed by atoms with van der Waals surface area (Å²) in [7, 11) is 0. The number of carbonyl (C=O) groups excluding carboxylic acids is 1. The molecule has 0 heterocycles. The van der Waals surface area contributed by atoms with E-state index in [4.69, 9.17) is 5.21 Å². The zero-order valence-electron chi connectivity index (χ0n) is 9.78. The van der Waals surface area contributed by atoms with Crippen LogP contribution in [0.5, 0.6) is 0 Å². The van der Waals surface area contributed by atoms with E-state index in [9.17, 15) is 4.79 Å². The van der Waals surface area contributed by atoms with Crippen molar-refractivity contribution in [1.29, 1.82) is 0 Å². The monoisotopic (exact) mass is 239 g/mol. The Bertz CT molecular complexity index is 547. The van der Waals surface area contributed by atoms with Crippen molar-refractivity contribution in [2.45, 2.75) is 6.42 Å². The molecular weight excluding hydrogens is 226 g/mol. The van der Waals surface area contributed by atoms with Gasteiger partial charge in [-0.15, -0.1) is 0 Å². The molecule has 3 heteroatoms. The number of oxime groups is 1. The summed E-state index contributed by atoms with van der Waals surface area (Å²) in [5, 5.41) is 12.1. The third kappa shape index (κ3) is 2.83. The molecule has 0 aliphatic carbocycles. The maximum Gasteiger partial charge on any atom is 0.210 e. The standard InChI is InChI=1S/C15H13NO2/c17-15(13-9-5-2-6-10-13)14(16-18)11-12-7-3-1-4-8-12/h1-10,18H,11H2/b16-14-. The molecular formula is C15H13NO2. The van der Waals surface area contributed by atoms with Gasteiger partial charge in [0.15, 0.2) is 0 Å². The zero-order chi connectivity index (χ0) is 12.8. The summed E-state index contributed by atoms with van der Waals surface area (Å²) in [5.41, 5.74) is 1.61. The number of hydrogen-bond acceptors (Lipinski definition) is 3. The Morgan fingerprint density at radius 1 is 0.944 bits per heavy atom. The van der Waals surface area contributed by atoms with Gasteiger partial charge in [0, 0.05) is 12.0 Å². The van der Waals surface area contributed by atoms with E-state index in [1.807, 2.05) is 36.4 Å². The van der Waals surface area contributed by atoms with Crippen molar-refractivity contribution in [3.05, 3.63) is 71.8 Å². The van der Waals surface area contributed by atoms with Crippen molar-refractivity contribution in [3.63, 3.8) is 0 Å². The highest BCUT2D eigenvalue weighted by Gasteiger charge is 2.14. The van der Waals surface area contributed by atoms with Crippen LogP contribution in [0, 0.1) is 0 Å². The average molecular weight is 239 g/mol. The zero-order valence-corrected chi connectivity index (χ0v) is 9.78. The number of benzene rings is 2. The van der Waals surface area contributed by atoms with Crippen LogP contribution >= 0.6 is 0 Å². The normalized spacial score (nSPS) is 11.2. The van der Waals surface area contributed by atoms with E-state index < -0.39 is 0 Å². The Morgan fingerprint density at radius 2 is 1.50 bits per heavy atom. The minimum Gasteiger partial charge on any atom is -0.411 e. The van der Waals surface area contributed by atoms with E-state index in [2.05, 4.69) is 5.16 Å². The number of carbonyl (C=O) groups is 1. The molecule has 1 N–H and O–H groups in total. The van der Waals surface area contributed by atoms with Crippen LogP contribution in [0.1, 0.15) is 15.9 Å². The lowest BCUT2D eigenvalue weighted by Crippen LogP contribution is -2.17. The molecule has 0 fully saturated rings. The van der Waals surface area contributed by atoms with Crippen LogP contribution in [0.15, 0.2) is 65.8 Å². The largest absolute Gasteiger partial charge is 0.411 e. The Labute approximate surface area is 105 Å². The minimum atomic E-state index is -0.248. The highest BCUT2D eigenvalue weighted by molar-refractivity contribution is 6.46. The molecule has 2 aromatic carbocycles. The van der Waals surface area contributed by atoms with E-state index >= 15 is 0 Å². The molecule has 0 bridgehead atoms. The fourth-order valence-corrected chi connectivity index (χ4v) is 1.71. The summed E-state index contributed by atoms with van der Waals surface area (Å²) in [6.07, 6.45) is 0.324. The van der Waals surface area contributed by atoms with E-state index in [0.29, 0.717) is 12.0 Å². The second kappa shape index (κ2) is 5.77. The summed E-state index contributed by atoms with van der Waals surface area (Å²) in [6.45, 7) is 0. The van der Waals surface area contributed by atoms with Crippen molar-refractivity contribution >= 4 is 11.5 Å². The molecule has 18 heavy (non-hydrogen) atoms. The van der Waals surface area contributed by atoms with Crippen molar-refractivity contribution in [3.8, 4) is 0 Å². The fourth-order valence-electron chi connectivity index (χ4n) is 1.71. The van der Waals surface area contributed by atoms with Gasteiger partial charge in [-0.3, -0.25) is 4.79 Å². The van der Waals surface area contributed by atoms with Gasteiger partial charge in [-0.2, -0.15) is 0 Å². The lowest BCUT2D eigenvalue weighted by atomic mass is 10.0. The van der Waals surface area contributed by atoms with Crippen LogP contribution in [0.2, 0.25) is 0 Å². The number of hydrogen-bond donors (Lipinski definition) is 1. The van der Waals surface area contributed by atoms with Gasteiger partial charge in [0.25, 0.3) is 0 Å². The molecule has 0 aliphatic rings. The third-order valence-electron chi connectivity index (χ3n) is 2.63. The molecule has 3 nitrogen and oxygen atoms in total. The number of nitrogens with zero attached hydrogens (tertiary/aromatic N) is 1. The number of rotatable bonds is 4. The molecule has 0 saturated heterocycles. The highest BCUT2D eigenvalue weighted by atomic mass is 16.4. The van der Waals surface area contributed by atoms with E-state index in [1.165, 1.54) is 0 Å². The highest BCUT2D eigenvalue weighted by Crippen LogP contribution is 2.07. The average Bonchev–Trinajstić information content (AvgIpc) is 2.46. The maximum absolute atomic E-state index is 12.1. The molecule has 0 atom stereocenters. The van der Waals surface area contributed by atoms with Gasteiger partial charge in [0.1, 0.15) is 5.71 Å². The first-order valence-corrected chi connectivity index (χ1v) is 5.66. The predicted octanol–water partition coefficient (Wildman–Crippen LogP) is 2.94. The first-order chi connectivity index (χ1) is 8.81. The van der Waals surface area contributed by atoms with Crippen molar-refractivity contribution in [1.82, 2.24) is 0 Å². The smallest absolute Gasteiger partial charge is 0.210 e. The Kier molecular flexibility index (Phi) is 3.86. The van der Waals surface area contributed by atoms with Crippen molar-refractivity contribution in [2.75, 3.05) is 0 Å². The lowest BCUT2D eigenvalue weighted by Gasteiger charge is -2.04. The molecule has 0 aromatic heterocycles. The van der Waals surface area contributed by atoms with Crippen LogP contribution in [-0.4, -0.2) is 16.7 Å². The molecule has 0 unspecified atom stereocenters. The SMILES string of the molecule is O=C(/C(Cc1ccccc1)=N\O)c1ccccc1. The van der Waals surface area contributed by atoms with Crippen LogP contribution in [-0.2, 0) is 6.42 Å². The van der Waals surface area contributed by atoms with Gasteiger partial charge in [-0.05, 0) is 5.56 Å². The molecule has 0 spiro atoms. The van der Waals surface area contributed by atoms with Gasteiger partial charge in [0.2, 0.25) is 5.78 Å². The van der Waals surface area contributed by atoms with Crippen LogP contribution < -0.4 is 0 Å². The quantitative estimate of drug-likeness (QED) is 0.386.